The van der Waals surface area contributed by atoms with Crippen molar-refractivity contribution >= 4 is 17.2 Å². The van der Waals surface area contributed by atoms with E-state index in [0.29, 0.717) is 23.9 Å². The second-order valence-corrected chi connectivity index (χ2v) is 7.42. The number of carbonyl (C=O) groups excluding carboxylic acids is 1. The summed E-state index contributed by atoms with van der Waals surface area (Å²) in [5.74, 6) is 1.09. The minimum absolute atomic E-state index is 0.0990. The standard InChI is InChI=1S/C17H18N4O4S/c1-9(22)17-20-19-15(24-17)7-10-5-11(6-10)18-16(23)13-8-12(21-25-13)14-3-2-4-26-14/h2-4,8-11,22H,5-7H2,1H3,(H,18,23)/t9-,10?,11?/m1/s1. The first-order chi connectivity index (χ1) is 12.6. The molecule has 1 atom stereocenters. The molecule has 0 aromatic carbocycles. The fraction of sp³-hybridized carbons (Fsp3) is 0.412. The molecule has 0 aliphatic heterocycles. The molecule has 0 spiro atoms. The third kappa shape index (κ3) is 3.54. The molecule has 0 radical (unpaired) electrons. The van der Waals surface area contributed by atoms with Crippen molar-refractivity contribution in [2.24, 2.45) is 5.92 Å². The van der Waals surface area contributed by atoms with Crippen LogP contribution in [-0.2, 0) is 6.42 Å². The lowest BCUT2D eigenvalue weighted by Crippen LogP contribution is -2.44. The van der Waals surface area contributed by atoms with Gasteiger partial charge in [-0.15, -0.1) is 21.5 Å². The summed E-state index contributed by atoms with van der Waals surface area (Å²) in [5.41, 5.74) is 0.668. The third-order valence-electron chi connectivity index (χ3n) is 4.38. The summed E-state index contributed by atoms with van der Waals surface area (Å²) >= 11 is 1.55. The van der Waals surface area contributed by atoms with Crippen molar-refractivity contribution in [1.82, 2.24) is 20.7 Å². The topological polar surface area (TPSA) is 114 Å². The van der Waals surface area contributed by atoms with Crippen LogP contribution in [-0.4, -0.2) is 32.4 Å². The van der Waals surface area contributed by atoms with E-state index in [1.807, 2.05) is 17.5 Å². The maximum Gasteiger partial charge on any atom is 0.290 e. The van der Waals surface area contributed by atoms with Crippen LogP contribution in [0.1, 0.15) is 48.2 Å². The maximum absolute atomic E-state index is 12.3. The van der Waals surface area contributed by atoms with Gasteiger partial charge < -0.3 is 19.4 Å². The largest absolute Gasteiger partial charge is 0.422 e. The van der Waals surface area contributed by atoms with E-state index in [4.69, 9.17) is 8.94 Å². The average Bonchev–Trinajstić information content (AvgIpc) is 3.32. The molecule has 3 heterocycles. The van der Waals surface area contributed by atoms with E-state index < -0.39 is 6.10 Å². The van der Waals surface area contributed by atoms with E-state index in [0.717, 1.165) is 17.7 Å². The quantitative estimate of drug-likeness (QED) is 0.681. The Labute approximate surface area is 153 Å². The zero-order chi connectivity index (χ0) is 18.1. The van der Waals surface area contributed by atoms with Gasteiger partial charge in [-0.3, -0.25) is 4.79 Å². The zero-order valence-electron chi connectivity index (χ0n) is 14.1. The summed E-state index contributed by atoms with van der Waals surface area (Å²) in [6, 6.07) is 5.62. The van der Waals surface area contributed by atoms with Gasteiger partial charge >= 0.3 is 0 Å². The maximum atomic E-state index is 12.3. The molecule has 1 saturated carbocycles. The molecule has 1 fully saturated rings. The highest BCUT2D eigenvalue weighted by atomic mass is 32.1. The number of rotatable bonds is 6. The Kier molecular flexibility index (Phi) is 4.56. The number of thiophene rings is 1. The van der Waals surface area contributed by atoms with Crippen LogP contribution >= 0.6 is 11.3 Å². The van der Waals surface area contributed by atoms with Crippen molar-refractivity contribution in [3.05, 3.63) is 41.1 Å². The van der Waals surface area contributed by atoms with Crippen LogP contribution in [0, 0.1) is 5.92 Å². The molecule has 2 N–H and O–H groups in total. The number of hydrogen-bond acceptors (Lipinski definition) is 8. The van der Waals surface area contributed by atoms with E-state index in [9.17, 15) is 9.90 Å². The Bertz CT molecular complexity index is 880. The first kappa shape index (κ1) is 16.9. The van der Waals surface area contributed by atoms with Gasteiger partial charge in [-0.2, -0.15) is 0 Å². The molecule has 0 saturated heterocycles. The Morgan fingerprint density at radius 2 is 2.31 bits per heavy atom. The van der Waals surface area contributed by atoms with Gasteiger partial charge in [0.15, 0.2) is 0 Å². The first-order valence-corrected chi connectivity index (χ1v) is 9.28. The molecule has 0 unspecified atom stereocenters. The van der Waals surface area contributed by atoms with Crippen molar-refractivity contribution in [2.75, 3.05) is 0 Å². The van der Waals surface area contributed by atoms with Gasteiger partial charge in [-0.05, 0) is 37.1 Å². The highest BCUT2D eigenvalue weighted by Gasteiger charge is 2.32. The van der Waals surface area contributed by atoms with E-state index in [-0.39, 0.29) is 23.6 Å². The molecule has 136 valence electrons. The molecule has 26 heavy (non-hydrogen) atoms. The first-order valence-electron chi connectivity index (χ1n) is 8.40. The number of aliphatic hydroxyl groups is 1. The van der Waals surface area contributed by atoms with E-state index in [1.54, 1.807) is 24.3 Å². The second-order valence-electron chi connectivity index (χ2n) is 6.48. The molecule has 1 aliphatic rings. The van der Waals surface area contributed by atoms with Gasteiger partial charge in [0.1, 0.15) is 11.8 Å². The van der Waals surface area contributed by atoms with Crippen LogP contribution < -0.4 is 5.32 Å². The molecular weight excluding hydrogens is 356 g/mol. The normalized spacial score (nSPS) is 20.5. The summed E-state index contributed by atoms with van der Waals surface area (Å²) in [4.78, 5) is 13.2. The van der Waals surface area contributed by atoms with Crippen LogP contribution in [0.2, 0.25) is 0 Å². The van der Waals surface area contributed by atoms with Crippen LogP contribution in [0.3, 0.4) is 0 Å². The molecule has 4 rings (SSSR count). The van der Waals surface area contributed by atoms with Crippen LogP contribution in [0.4, 0.5) is 0 Å². The summed E-state index contributed by atoms with van der Waals surface area (Å²) in [7, 11) is 0. The number of carbonyl (C=O) groups is 1. The summed E-state index contributed by atoms with van der Waals surface area (Å²) in [5, 5.41) is 26.0. The number of aromatic nitrogens is 3. The van der Waals surface area contributed by atoms with Gasteiger partial charge in [0.05, 0.1) is 4.88 Å². The van der Waals surface area contributed by atoms with E-state index >= 15 is 0 Å². The van der Waals surface area contributed by atoms with Gasteiger partial charge in [-0.1, -0.05) is 11.2 Å². The van der Waals surface area contributed by atoms with Crippen molar-refractivity contribution in [3.8, 4) is 10.6 Å². The summed E-state index contributed by atoms with van der Waals surface area (Å²) < 4.78 is 10.5. The highest BCUT2D eigenvalue weighted by Crippen LogP contribution is 2.31. The number of nitrogens with zero attached hydrogens (tertiary/aromatic N) is 3. The molecule has 1 amide bonds. The van der Waals surface area contributed by atoms with Gasteiger partial charge in [-0.25, -0.2) is 0 Å². The third-order valence-corrected chi connectivity index (χ3v) is 5.27. The van der Waals surface area contributed by atoms with Crippen LogP contribution in [0.25, 0.3) is 10.6 Å². The minimum atomic E-state index is -0.759. The Morgan fingerprint density at radius 3 is 3.00 bits per heavy atom. The number of nitrogens with one attached hydrogen (secondary N) is 1. The molecule has 9 heteroatoms. The summed E-state index contributed by atoms with van der Waals surface area (Å²) in [6.45, 7) is 1.58. The summed E-state index contributed by atoms with van der Waals surface area (Å²) in [6.07, 6.45) is 1.57. The minimum Gasteiger partial charge on any atom is -0.422 e. The SMILES string of the molecule is C[C@@H](O)c1nnc(CC2CC(NC(=O)c3cc(-c4cccs4)no3)C2)o1. The fourth-order valence-electron chi connectivity index (χ4n) is 2.96. The molecule has 3 aromatic rings. The second kappa shape index (κ2) is 7.00. The van der Waals surface area contributed by atoms with Crippen LogP contribution in [0.5, 0.6) is 0 Å². The molecule has 1 aliphatic carbocycles. The van der Waals surface area contributed by atoms with E-state index in [2.05, 4.69) is 20.7 Å². The number of hydrogen-bond donors (Lipinski definition) is 2. The Hall–Kier alpha value is -2.52. The number of amides is 1. The Morgan fingerprint density at radius 1 is 1.46 bits per heavy atom. The van der Waals surface area contributed by atoms with Crippen LogP contribution in [0.15, 0.2) is 32.5 Å². The van der Waals surface area contributed by atoms with Crippen molar-refractivity contribution in [3.63, 3.8) is 0 Å². The van der Waals surface area contributed by atoms with Crippen molar-refractivity contribution in [2.45, 2.75) is 38.3 Å². The highest BCUT2D eigenvalue weighted by molar-refractivity contribution is 7.13. The van der Waals surface area contributed by atoms with Crippen molar-refractivity contribution in [1.29, 1.82) is 0 Å². The van der Waals surface area contributed by atoms with Crippen molar-refractivity contribution < 1.29 is 18.8 Å². The predicted molar refractivity (Wildman–Crippen MR) is 92.4 cm³/mol. The molecule has 3 aromatic heterocycles. The average molecular weight is 374 g/mol. The molecule has 0 bridgehead atoms. The zero-order valence-corrected chi connectivity index (χ0v) is 14.9. The lowest BCUT2D eigenvalue weighted by Gasteiger charge is -2.34. The monoisotopic (exact) mass is 374 g/mol. The Balaban J connectivity index is 1.26. The fourth-order valence-corrected chi connectivity index (χ4v) is 3.64. The molecule has 8 nitrogen and oxygen atoms in total. The lowest BCUT2D eigenvalue weighted by atomic mass is 9.78. The predicted octanol–water partition coefficient (Wildman–Crippen LogP) is 2.59. The smallest absolute Gasteiger partial charge is 0.290 e. The lowest BCUT2D eigenvalue weighted by molar-refractivity contribution is 0.0848. The van der Waals surface area contributed by atoms with E-state index in [1.165, 1.54) is 0 Å². The van der Waals surface area contributed by atoms with Gasteiger partial charge in [0.2, 0.25) is 17.5 Å². The van der Waals surface area contributed by atoms with Gasteiger partial charge in [0.25, 0.3) is 5.91 Å². The number of aliphatic hydroxyl groups excluding tert-OH is 1. The van der Waals surface area contributed by atoms with Gasteiger partial charge in [0, 0.05) is 18.5 Å². The molecular formula is C17H18N4O4S.